The first-order valence-corrected chi connectivity index (χ1v) is 13.8. The Morgan fingerprint density at radius 1 is 0.512 bits per heavy atom. The van der Waals surface area contributed by atoms with E-state index in [1.165, 1.54) is 38.0 Å². The maximum absolute atomic E-state index is 13.2. The normalized spacial score (nSPS) is 13.4. The quantitative estimate of drug-likeness (QED) is 0.129. The second-order valence-corrected chi connectivity index (χ2v) is 10.8. The van der Waals surface area contributed by atoms with Gasteiger partial charge in [0.2, 0.25) is 0 Å². The molecule has 7 aromatic carbocycles. The van der Waals surface area contributed by atoms with E-state index in [-0.39, 0.29) is 17.1 Å². The highest BCUT2D eigenvalue weighted by molar-refractivity contribution is 6.41. The molecule has 0 saturated carbocycles. The van der Waals surface area contributed by atoms with E-state index in [4.69, 9.17) is 0 Å². The highest BCUT2D eigenvalue weighted by Crippen LogP contribution is 2.44. The number of para-hydroxylation sites is 2. The largest absolute Gasteiger partial charge is 0.309 e. The van der Waals surface area contributed by atoms with Crippen molar-refractivity contribution in [3.8, 4) is 5.69 Å². The molecule has 3 heteroatoms. The fraction of sp³-hybridized carbons (Fsp3) is 0. The molecule has 0 fully saturated rings. The highest BCUT2D eigenvalue weighted by Gasteiger charge is 2.32. The van der Waals surface area contributed by atoms with Crippen molar-refractivity contribution in [3.05, 3.63) is 144 Å². The van der Waals surface area contributed by atoms with Crippen LogP contribution in [0.3, 0.4) is 0 Å². The lowest BCUT2D eigenvalue weighted by molar-refractivity contribution is 0.0990. The number of benzene rings is 7. The molecule has 0 unspecified atom stereocenters. The van der Waals surface area contributed by atoms with Gasteiger partial charge in [-0.3, -0.25) is 9.59 Å². The lowest BCUT2D eigenvalue weighted by Crippen LogP contribution is -2.00. The fourth-order valence-electron chi connectivity index (χ4n) is 6.88. The number of fused-ring (bicyclic) bond motifs is 5. The molecule has 1 heterocycles. The molecule has 1 aromatic heterocycles. The Hall–Kier alpha value is -5.54. The van der Waals surface area contributed by atoms with Gasteiger partial charge in [0.15, 0.2) is 11.6 Å². The molecule has 1 aliphatic carbocycles. The summed E-state index contributed by atoms with van der Waals surface area (Å²) in [7, 11) is 0. The topological polar surface area (TPSA) is 39.1 Å². The van der Waals surface area contributed by atoms with Crippen LogP contribution in [0.25, 0.3) is 65.9 Å². The van der Waals surface area contributed by atoms with Crippen LogP contribution in [0.4, 0.5) is 0 Å². The SMILES string of the molecule is O=C1C(=Cc2ccc3ccc4c5c(ccc2c35)cc2c3ccccc3n(-c3ccccc3)c24)C(=O)c2ccccc21. The maximum atomic E-state index is 13.2. The molecule has 41 heavy (non-hydrogen) atoms. The second-order valence-electron chi connectivity index (χ2n) is 10.8. The van der Waals surface area contributed by atoms with Crippen LogP contribution in [0.15, 0.2) is 127 Å². The minimum Gasteiger partial charge on any atom is -0.309 e. The lowest BCUT2D eigenvalue weighted by atomic mass is 9.90. The first-order chi connectivity index (χ1) is 20.2. The lowest BCUT2D eigenvalue weighted by Gasteiger charge is -2.15. The van der Waals surface area contributed by atoms with Crippen LogP contribution in [0.1, 0.15) is 26.3 Å². The number of allylic oxidation sites excluding steroid dienone is 1. The summed E-state index contributed by atoms with van der Waals surface area (Å²) >= 11 is 0. The molecule has 8 aromatic rings. The third-order valence-electron chi connectivity index (χ3n) is 8.67. The van der Waals surface area contributed by atoms with Gasteiger partial charge in [0.1, 0.15) is 0 Å². The van der Waals surface area contributed by atoms with E-state index in [2.05, 4.69) is 89.5 Å². The predicted molar refractivity (Wildman–Crippen MR) is 168 cm³/mol. The Bertz CT molecular complexity index is 2410. The number of hydrogen-bond donors (Lipinski definition) is 0. The van der Waals surface area contributed by atoms with Crippen molar-refractivity contribution < 1.29 is 9.59 Å². The molecule has 0 amide bonds. The molecule has 0 spiro atoms. The summed E-state index contributed by atoms with van der Waals surface area (Å²) in [5.74, 6) is -0.407. The van der Waals surface area contributed by atoms with Crippen molar-refractivity contribution in [1.29, 1.82) is 0 Å². The maximum Gasteiger partial charge on any atom is 0.197 e. The molecule has 0 saturated heterocycles. The Morgan fingerprint density at radius 3 is 1.95 bits per heavy atom. The van der Waals surface area contributed by atoms with Gasteiger partial charge >= 0.3 is 0 Å². The van der Waals surface area contributed by atoms with E-state index in [9.17, 15) is 9.59 Å². The van der Waals surface area contributed by atoms with Crippen molar-refractivity contribution in [1.82, 2.24) is 4.57 Å². The molecule has 0 atom stereocenters. The minimum atomic E-state index is -0.203. The Labute approximate surface area is 234 Å². The summed E-state index contributed by atoms with van der Waals surface area (Å²) in [4.78, 5) is 26.4. The highest BCUT2D eigenvalue weighted by atomic mass is 16.2. The second kappa shape index (κ2) is 8.00. The fourth-order valence-corrected chi connectivity index (χ4v) is 6.88. The van der Waals surface area contributed by atoms with E-state index in [1.807, 2.05) is 12.1 Å². The molecule has 9 rings (SSSR count). The summed E-state index contributed by atoms with van der Waals surface area (Å²) in [6.07, 6.45) is 1.78. The van der Waals surface area contributed by atoms with E-state index in [0.29, 0.717) is 11.1 Å². The Morgan fingerprint density at radius 2 is 1.15 bits per heavy atom. The van der Waals surface area contributed by atoms with Crippen molar-refractivity contribution >= 4 is 71.8 Å². The van der Waals surface area contributed by atoms with Crippen LogP contribution >= 0.6 is 0 Å². The van der Waals surface area contributed by atoms with Crippen molar-refractivity contribution in [2.45, 2.75) is 0 Å². The number of carbonyl (C=O) groups excluding carboxylic acids is 2. The van der Waals surface area contributed by atoms with Gasteiger partial charge in [0, 0.05) is 33.0 Å². The minimum absolute atomic E-state index is 0.203. The molecule has 0 radical (unpaired) electrons. The number of hydrogen-bond acceptors (Lipinski definition) is 2. The average molecular weight is 524 g/mol. The van der Waals surface area contributed by atoms with Gasteiger partial charge < -0.3 is 4.57 Å². The van der Waals surface area contributed by atoms with Crippen LogP contribution in [-0.2, 0) is 0 Å². The van der Waals surface area contributed by atoms with Crippen LogP contribution in [0, 0.1) is 0 Å². The van der Waals surface area contributed by atoms with E-state index in [0.717, 1.165) is 27.4 Å². The number of nitrogens with zero attached hydrogens (tertiary/aromatic N) is 1. The van der Waals surface area contributed by atoms with E-state index < -0.39 is 0 Å². The third-order valence-corrected chi connectivity index (χ3v) is 8.67. The Kier molecular flexibility index (Phi) is 4.35. The van der Waals surface area contributed by atoms with Crippen molar-refractivity contribution in [2.75, 3.05) is 0 Å². The van der Waals surface area contributed by atoms with Crippen LogP contribution in [-0.4, -0.2) is 16.1 Å². The summed E-state index contributed by atoms with van der Waals surface area (Å²) < 4.78 is 2.37. The zero-order valence-electron chi connectivity index (χ0n) is 21.9. The van der Waals surface area contributed by atoms with Crippen molar-refractivity contribution in [2.24, 2.45) is 0 Å². The third kappa shape index (κ3) is 2.92. The first-order valence-electron chi connectivity index (χ1n) is 13.8. The zero-order valence-corrected chi connectivity index (χ0v) is 21.9. The number of carbonyl (C=O) groups is 2. The van der Waals surface area contributed by atoms with Crippen LogP contribution in [0.5, 0.6) is 0 Å². The van der Waals surface area contributed by atoms with Crippen LogP contribution in [0.2, 0.25) is 0 Å². The smallest absolute Gasteiger partial charge is 0.197 e. The van der Waals surface area contributed by atoms with Crippen molar-refractivity contribution in [3.63, 3.8) is 0 Å². The number of aromatic nitrogens is 1. The van der Waals surface area contributed by atoms with Gasteiger partial charge in [-0.15, -0.1) is 0 Å². The Balaban J connectivity index is 1.38. The van der Waals surface area contributed by atoms with Gasteiger partial charge in [-0.2, -0.15) is 0 Å². The molecular formula is C38H21NO2. The number of ketones is 2. The van der Waals surface area contributed by atoms with E-state index in [1.54, 1.807) is 30.3 Å². The summed E-state index contributed by atoms with van der Waals surface area (Å²) in [6.45, 7) is 0. The number of rotatable bonds is 2. The molecule has 3 nitrogen and oxygen atoms in total. The zero-order chi connectivity index (χ0) is 27.2. The molecule has 0 N–H and O–H groups in total. The standard InChI is InChI=1S/C38H21NO2/c40-37-28-11-4-5-12-29(28)38(41)32(37)20-23-15-14-22-16-19-30-35-24(17-18-26(23)34(22)35)21-31-27-10-6-7-13-33(27)39(36(30)31)25-8-2-1-3-9-25/h1-21H. The van der Waals surface area contributed by atoms with Gasteiger partial charge in [-0.25, -0.2) is 0 Å². The summed E-state index contributed by atoms with van der Waals surface area (Å²) in [5.41, 5.74) is 5.55. The van der Waals surface area contributed by atoms with E-state index >= 15 is 0 Å². The summed E-state index contributed by atoms with van der Waals surface area (Å²) in [6, 6.07) is 41.3. The molecule has 0 bridgehead atoms. The van der Waals surface area contributed by atoms with Gasteiger partial charge in [-0.05, 0) is 62.8 Å². The van der Waals surface area contributed by atoms with Gasteiger partial charge in [0.25, 0.3) is 0 Å². The van der Waals surface area contributed by atoms with Crippen LogP contribution < -0.4 is 0 Å². The average Bonchev–Trinajstić information content (AvgIpc) is 3.48. The predicted octanol–water partition coefficient (Wildman–Crippen LogP) is 9.14. The summed E-state index contributed by atoms with van der Waals surface area (Å²) in [5, 5.41) is 9.31. The molecular weight excluding hydrogens is 502 g/mol. The molecule has 0 aliphatic heterocycles. The van der Waals surface area contributed by atoms with Gasteiger partial charge in [-0.1, -0.05) is 97.1 Å². The number of Topliss-reactive ketones (excluding diaryl/α,β-unsaturated/α-hetero) is 2. The molecule has 1 aliphatic rings. The first kappa shape index (κ1) is 22.3. The monoisotopic (exact) mass is 523 g/mol. The van der Waals surface area contributed by atoms with Gasteiger partial charge in [0.05, 0.1) is 16.6 Å². The molecule has 190 valence electrons.